The van der Waals surface area contributed by atoms with Crippen LogP contribution >= 0.6 is 0 Å². The number of esters is 1. The highest BCUT2D eigenvalue weighted by Gasteiger charge is 2.44. The van der Waals surface area contributed by atoms with Gasteiger partial charge in [-0.1, -0.05) is 57.2 Å². The van der Waals surface area contributed by atoms with Gasteiger partial charge in [-0.3, -0.25) is 4.79 Å². The lowest BCUT2D eigenvalue weighted by atomic mass is 9.82. The zero-order valence-electron chi connectivity index (χ0n) is 17.0. The molecule has 0 aliphatic rings. The predicted octanol–water partition coefficient (Wildman–Crippen LogP) is 6.10. The molecule has 0 heterocycles. The van der Waals surface area contributed by atoms with Gasteiger partial charge in [0, 0.05) is 0 Å². The highest BCUT2D eigenvalue weighted by Crippen LogP contribution is 2.42. The number of carbonyl (C=O) groups excluding carboxylic acids is 1. The first-order chi connectivity index (χ1) is 12.3. The summed E-state index contributed by atoms with van der Waals surface area (Å²) < 4.78 is 12.0. The van der Waals surface area contributed by atoms with E-state index < -0.39 is 13.7 Å². The van der Waals surface area contributed by atoms with Crippen LogP contribution in [0.25, 0.3) is 10.8 Å². The van der Waals surface area contributed by atoms with Crippen molar-refractivity contribution in [2.24, 2.45) is 5.41 Å². The molecule has 1 unspecified atom stereocenters. The van der Waals surface area contributed by atoms with Gasteiger partial charge in [-0.25, -0.2) is 0 Å². The zero-order chi connectivity index (χ0) is 19.4. The largest absolute Gasteiger partial charge is 0.469 e. The number of hydrogen-bond acceptors (Lipinski definition) is 3. The molecule has 0 bridgehead atoms. The van der Waals surface area contributed by atoms with Gasteiger partial charge < -0.3 is 9.16 Å². The first-order valence-electron chi connectivity index (χ1n) is 9.58. The first kappa shape index (κ1) is 20.7. The molecule has 0 aliphatic carbocycles. The number of methoxy groups -OCH3 is 1. The quantitative estimate of drug-likeness (QED) is 0.415. The molecule has 2 aromatic carbocycles. The van der Waals surface area contributed by atoms with E-state index in [1.807, 2.05) is 26.0 Å². The van der Waals surface area contributed by atoms with E-state index in [1.165, 1.54) is 12.5 Å². The van der Waals surface area contributed by atoms with E-state index >= 15 is 0 Å². The molecule has 4 heteroatoms. The minimum atomic E-state index is -1.91. The Balaban J connectivity index is 2.56. The molecule has 1 atom stereocenters. The number of benzene rings is 2. The fourth-order valence-corrected chi connectivity index (χ4v) is 6.55. The van der Waals surface area contributed by atoms with Crippen molar-refractivity contribution in [3.8, 4) is 0 Å². The van der Waals surface area contributed by atoms with E-state index in [9.17, 15) is 4.79 Å². The van der Waals surface area contributed by atoms with Crippen LogP contribution in [0, 0.1) is 5.41 Å². The maximum Gasteiger partial charge on any atom is 0.314 e. The smallest absolute Gasteiger partial charge is 0.314 e. The molecular weight excluding hydrogens is 340 g/mol. The number of hydrogen-bond donors (Lipinski definition) is 0. The van der Waals surface area contributed by atoms with Crippen molar-refractivity contribution in [2.45, 2.75) is 58.9 Å². The van der Waals surface area contributed by atoms with Gasteiger partial charge in [0.2, 0.25) is 0 Å². The SMILES string of the molecule is CC[Si](CC)(CC)OC(c1ccc2ccccc2c1)C(C)(C)C(=O)OC. The van der Waals surface area contributed by atoms with Gasteiger partial charge in [0.1, 0.15) is 0 Å². The van der Waals surface area contributed by atoms with Crippen molar-refractivity contribution in [3.63, 3.8) is 0 Å². The molecule has 3 nitrogen and oxygen atoms in total. The van der Waals surface area contributed by atoms with Crippen LogP contribution in [0.4, 0.5) is 0 Å². The third-order valence-corrected chi connectivity index (χ3v) is 10.3. The molecule has 2 rings (SSSR count). The first-order valence-corrected chi connectivity index (χ1v) is 12.1. The summed E-state index contributed by atoms with van der Waals surface area (Å²) in [6, 6.07) is 17.8. The number of carbonyl (C=O) groups is 1. The van der Waals surface area contributed by atoms with Gasteiger partial charge in [-0.05, 0) is 54.4 Å². The number of rotatable bonds is 8. The average Bonchev–Trinajstić information content (AvgIpc) is 2.68. The van der Waals surface area contributed by atoms with Gasteiger partial charge in [0.25, 0.3) is 0 Å². The van der Waals surface area contributed by atoms with Gasteiger partial charge in [0.15, 0.2) is 8.32 Å². The Hall–Kier alpha value is -1.65. The maximum atomic E-state index is 12.6. The monoisotopic (exact) mass is 372 g/mol. The molecule has 0 saturated carbocycles. The molecule has 2 aromatic rings. The summed E-state index contributed by atoms with van der Waals surface area (Å²) >= 11 is 0. The Kier molecular flexibility index (Phi) is 6.64. The molecule has 0 N–H and O–H groups in total. The fraction of sp³-hybridized carbons (Fsp3) is 0.500. The Labute approximate surface area is 158 Å². The summed E-state index contributed by atoms with van der Waals surface area (Å²) in [7, 11) is -0.457. The topological polar surface area (TPSA) is 35.5 Å². The highest BCUT2D eigenvalue weighted by molar-refractivity contribution is 6.73. The number of ether oxygens (including phenoxy) is 1. The summed E-state index contributed by atoms with van der Waals surface area (Å²) in [4.78, 5) is 12.6. The molecular formula is C22H32O3Si. The second kappa shape index (κ2) is 8.36. The predicted molar refractivity (Wildman–Crippen MR) is 111 cm³/mol. The van der Waals surface area contributed by atoms with Crippen molar-refractivity contribution in [2.75, 3.05) is 7.11 Å². The Morgan fingerprint density at radius 2 is 1.58 bits per heavy atom. The minimum absolute atomic E-state index is 0.234. The van der Waals surface area contributed by atoms with Crippen LogP contribution in [0.3, 0.4) is 0 Å². The van der Waals surface area contributed by atoms with Crippen LogP contribution in [0.2, 0.25) is 18.1 Å². The lowest BCUT2D eigenvalue weighted by molar-refractivity contribution is -0.156. The van der Waals surface area contributed by atoms with Crippen molar-refractivity contribution < 1.29 is 14.0 Å². The van der Waals surface area contributed by atoms with Crippen molar-refractivity contribution in [3.05, 3.63) is 48.0 Å². The lowest BCUT2D eigenvalue weighted by Gasteiger charge is -2.40. The van der Waals surface area contributed by atoms with Crippen LogP contribution in [-0.4, -0.2) is 21.4 Å². The molecule has 0 aliphatic heterocycles. The van der Waals surface area contributed by atoms with Crippen LogP contribution < -0.4 is 0 Å². The van der Waals surface area contributed by atoms with Crippen LogP contribution in [0.15, 0.2) is 42.5 Å². The summed E-state index contributed by atoms with van der Waals surface area (Å²) in [6.45, 7) is 10.5. The summed E-state index contributed by atoms with van der Waals surface area (Å²) in [6.07, 6.45) is -0.314. The van der Waals surface area contributed by atoms with E-state index in [0.29, 0.717) is 0 Å². The maximum absolute atomic E-state index is 12.6. The second-order valence-corrected chi connectivity index (χ2v) is 12.3. The third-order valence-electron chi connectivity index (χ3n) is 5.74. The third kappa shape index (κ3) is 4.02. The van der Waals surface area contributed by atoms with E-state index in [-0.39, 0.29) is 12.1 Å². The summed E-state index contributed by atoms with van der Waals surface area (Å²) in [5, 5.41) is 2.35. The Morgan fingerprint density at radius 1 is 1.00 bits per heavy atom. The normalized spacial score (nSPS) is 13.6. The summed E-state index contributed by atoms with van der Waals surface area (Å²) in [5.41, 5.74) is 0.293. The van der Waals surface area contributed by atoms with Gasteiger partial charge >= 0.3 is 5.97 Å². The van der Waals surface area contributed by atoms with Crippen LogP contribution in [-0.2, 0) is 14.0 Å². The number of fused-ring (bicyclic) bond motifs is 1. The van der Waals surface area contributed by atoms with Crippen molar-refractivity contribution >= 4 is 25.1 Å². The molecule has 0 fully saturated rings. The van der Waals surface area contributed by atoms with Crippen molar-refractivity contribution in [1.82, 2.24) is 0 Å². The average molecular weight is 373 g/mol. The Morgan fingerprint density at radius 3 is 2.12 bits per heavy atom. The minimum Gasteiger partial charge on any atom is -0.469 e. The highest BCUT2D eigenvalue weighted by atomic mass is 28.4. The molecule has 0 aromatic heterocycles. The molecule has 0 radical (unpaired) electrons. The van der Waals surface area contributed by atoms with Gasteiger partial charge in [0.05, 0.1) is 18.6 Å². The molecule has 0 spiro atoms. The van der Waals surface area contributed by atoms with E-state index in [4.69, 9.17) is 9.16 Å². The second-order valence-electron chi connectivity index (χ2n) is 7.56. The molecule has 26 heavy (non-hydrogen) atoms. The Bertz CT molecular complexity index is 742. The lowest BCUT2D eigenvalue weighted by Crippen LogP contribution is -2.43. The van der Waals surface area contributed by atoms with Crippen molar-refractivity contribution in [1.29, 1.82) is 0 Å². The molecule has 0 saturated heterocycles. The van der Waals surface area contributed by atoms with Gasteiger partial charge in [-0.2, -0.15) is 0 Å². The van der Waals surface area contributed by atoms with E-state index in [2.05, 4.69) is 51.1 Å². The van der Waals surface area contributed by atoms with Crippen LogP contribution in [0.1, 0.15) is 46.3 Å². The van der Waals surface area contributed by atoms with E-state index in [0.717, 1.165) is 29.1 Å². The van der Waals surface area contributed by atoms with Crippen LogP contribution in [0.5, 0.6) is 0 Å². The molecule has 0 amide bonds. The molecule has 142 valence electrons. The zero-order valence-corrected chi connectivity index (χ0v) is 18.0. The standard InChI is InChI=1S/C22H32O3Si/c1-7-26(8-2,9-3)25-20(22(4,5)21(23)24-6)19-15-14-17-12-10-11-13-18(17)16-19/h10-16,20H,7-9H2,1-6H3. The van der Waals surface area contributed by atoms with E-state index in [1.54, 1.807) is 0 Å². The summed E-state index contributed by atoms with van der Waals surface area (Å²) in [5.74, 6) is -0.234. The fourth-order valence-electron chi connectivity index (χ4n) is 3.62. The van der Waals surface area contributed by atoms with Gasteiger partial charge in [-0.15, -0.1) is 0 Å².